The lowest BCUT2D eigenvalue weighted by atomic mass is 9.84. The Hall–Kier alpha value is -2.74. The van der Waals surface area contributed by atoms with E-state index in [1.807, 2.05) is 33.8 Å². The number of aromatic hydroxyl groups is 2. The molecule has 2 nitrogen and oxygen atoms in total. The first kappa shape index (κ1) is 18.1. The molecule has 0 aliphatic carbocycles. The van der Waals surface area contributed by atoms with E-state index in [1.165, 1.54) is 16.7 Å². The third-order valence-electron chi connectivity index (χ3n) is 5.11. The Balaban J connectivity index is 2.08. The number of aryl methyl sites for hydroxylation is 4. The van der Waals surface area contributed by atoms with Crippen LogP contribution >= 0.6 is 0 Å². The second kappa shape index (κ2) is 7.25. The van der Waals surface area contributed by atoms with Gasteiger partial charge >= 0.3 is 0 Å². The van der Waals surface area contributed by atoms with Gasteiger partial charge in [-0.1, -0.05) is 54.6 Å². The summed E-state index contributed by atoms with van der Waals surface area (Å²) >= 11 is 0. The predicted molar refractivity (Wildman–Crippen MR) is 107 cm³/mol. The van der Waals surface area contributed by atoms with Crippen LogP contribution in [0.25, 0.3) is 0 Å². The van der Waals surface area contributed by atoms with Gasteiger partial charge in [-0.15, -0.1) is 0 Å². The summed E-state index contributed by atoms with van der Waals surface area (Å²) in [6.45, 7) is 7.78. The van der Waals surface area contributed by atoms with Crippen molar-refractivity contribution < 1.29 is 10.2 Å². The first-order chi connectivity index (χ1) is 12.4. The van der Waals surface area contributed by atoms with Crippen LogP contribution in [-0.4, -0.2) is 10.2 Å². The molecule has 0 fully saturated rings. The highest BCUT2D eigenvalue weighted by Crippen LogP contribution is 2.34. The second-order valence-electron chi connectivity index (χ2n) is 7.25. The maximum Gasteiger partial charge on any atom is 0.121 e. The Bertz CT molecular complexity index is 880. The van der Waals surface area contributed by atoms with Crippen molar-refractivity contribution in [2.24, 2.45) is 0 Å². The van der Waals surface area contributed by atoms with Crippen molar-refractivity contribution in [2.45, 2.75) is 40.0 Å². The third kappa shape index (κ3) is 3.60. The molecular formula is C24H26O2. The van der Waals surface area contributed by atoms with Gasteiger partial charge in [0.1, 0.15) is 11.5 Å². The summed E-state index contributed by atoms with van der Waals surface area (Å²) in [6.07, 6.45) is 0.843. The fourth-order valence-electron chi connectivity index (χ4n) is 3.70. The molecular weight excluding hydrogens is 320 g/mol. The molecule has 2 N–H and O–H groups in total. The number of benzene rings is 3. The van der Waals surface area contributed by atoms with Gasteiger partial charge in [0.2, 0.25) is 0 Å². The molecule has 0 spiro atoms. The molecule has 0 aliphatic rings. The molecule has 2 heteroatoms. The highest BCUT2D eigenvalue weighted by molar-refractivity contribution is 5.47. The van der Waals surface area contributed by atoms with Gasteiger partial charge in [0.05, 0.1) is 0 Å². The number of phenols is 2. The molecule has 3 aromatic rings. The molecule has 1 unspecified atom stereocenters. The lowest BCUT2D eigenvalue weighted by molar-refractivity contribution is 0.465. The molecule has 0 heterocycles. The van der Waals surface area contributed by atoms with Crippen molar-refractivity contribution in [3.8, 4) is 11.5 Å². The first-order valence-corrected chi connectivity index (χ1v) is 9.01. The smallest absolute Gasteiger partial charge is 0.121 e. The van der Waals surface area contributed by atoms with E-state index in [1.54, 1.807) is 0 Å². The van der Waals surface area contributed by atoms with Gasteiger partial charge in [-0.3, -0.25) is 0 Å². The van der Waals surface area contributed by atoms with Gasteiger partial charge in [-0.25, -0.2) is 0 Å². The standard InChI is InChI=1S/C24H26O2/c1-15-10-19(11-16(2)23(15)25)14-22(20-8-6-5-7-9-20)21-12-17(3)24(26)18(4)13-21/h5-13,22,25-26H,14H2,1-4H3. The summed E-state index contributed by atoms with van der Waals surface area (Å²) < 4.78 is 0. The van der Waals surface area contributed by atoms with E-state index < -0.39 is 0 Å². The number of hydrogen-bond donors (Lipinski definition) is 2. The van der Waals surface area contributed by atoms with Gasteiger partial charge in [-0.2, -0.15) is 0 Å². The van der Waals surface area contributed by atoms with E-state index in [2.05, 4.69) is 48.5 Å². The second-order valence-corrected chi connectivity index (χ2v) is 7.25. The van der Waals surface area contributed by atoms with Gasteiger partial charge in [0, 0.05) is 5.92 Å². The fourth-order valence-corrected chi connectivity index (χ4v) is 3.70. The topological polar surface area (TPSA) is 40.5 Å². The molecule has 0 aromatic heterocycles. The van der Waals surface area contributed by atoms with E-state index >= 15 is 0 Å². The molecule has 134 valence electrons. The Morgan fingerprint density at radius 3 is 1.62 bits per heavy atom. The largest absolute Gasteiger partial charge is 0.507 e. The highest BCUT2D eigenvalue weighted by atomic mass is 16.3. The monoisotopic (exact) mass is 346 g/mol. The third-order valence-corrected chi connectivity index (χ3v) is 5.11. The average Bonchev–Trinajstić information content (AvgIpc) is 2.62. The maximum absolute atomic E-state index is 10.1. The van der Waals surface area contributed by atoms with E-state index in [9.17, 15) is 10.2 Å². The van der Waals surface area contributed by atoms with Crippen LogP contribution in [0.4, 0.5) is 0 Å². The summed E-state index contributed by atoms with van der Waals surface area (Å²) in [4.78, 5) is 0. The van der Waals surface area contributed by atoms with E-state index in [0.717, 1.165) is 28.7 Å². The minimum Gasteiger partial charge on any atom is -0.507 e. The zero-order valence-electron chi connectivity index (χ0n) is 15.9. The van der Waals surface area contributed by atoms with Crippen LogP contribution in [0.1, 0.15) is 44.9 Å². The number of hydrogen-bond acceptors (Lipinski definition) is 2. The zero-order valence-corrected chi connectivity index (χ0v) is 15.9. The Morgan fingerprint density at radius 1 is 0.654 bits per heavy atom. The quantitative estimate of drug-likeness (QED) is 0.635. The summed E-state index contributed by atoms with van der Waals surface area (Å²) in [5.41, 5.74) is 7.27. The maximum atomic E-state index is 10.1. The van der Waals surface area contributed by atoms with Gasteiger partial charge < -0.3 is 10.2 Å². The van der Waals surface area contributed by atoms with Crippen LogP contribution in [0.2, 0.25) is 0 Å². The Kier molecular flexibility index (Phi) is 5.03. The van der Waals surface area contributed by atoms with Crippen LogP contribution in [0, 0.1) is 27.7 Å². The van der Waals surface area contributed by atoms with Gasteiger partial charge in [-0.05, 0) is 73.1 Å². The summed E-state index contributed by atoms with van der Waals surface area (Å²) in [5, 5.41) is 20.2. The van der Waals surface area contributed by atoms with E-state index in [0.29, 0.717) is 11.5 Å². The number of rotatable bonds is 4. The molecule has 0 radical (unpaired) electrons. The molecule has 3 aromatic carbocycles. The van der Waals surface area contributed by atoms with Gasteiger partial charge in [0.25, 0.3) is 0 Å². The average molecular weight is 346 g/mol. The lowest BCUT2D eigenvalue weighted by Crippen LogP contribution is -2.07. The van der Waals surface area contributed by atoms with Gasteiger partial charge in [0.15, 0.2) is 0 Å². The van der Waals surface area contributed by atoms with Crippen molar-refractivity contribution >= 4 is 0 Å². The summed E-state index contributed by atoms with van der Waals surface area (Å²) in [7, 11) is 0. The normalized spacial score (nSPS) is 12.2. The van der Waals surface area contributed by atoms with Crippen molar-refractivity contribution in [2.75, 3.05) is 0 Å². The van der Waals surface area contributed by atoms with Crippen LogP contribution in [0.5, 0.6) is 11.5 Å². The first-order valence-electron chi connectivity index (χ1n) is 9.01. The minimum atomic E-state index is 0.192. The van der Waals surface area contributed by atoms with Crippen molar-refractivity contribution in [3.05, 3.63) is 93.5 Å². The van der Waals surface area contributed by atoms with E-state index in [4.69, 9.17) is 0 Å². The molecule has 0 saturated heterocycles. The molecule has 0 saturated carbocycles. The highest BCUT2D eigenvalue weighted by Gasteiger charge is 2.18. The van der Waals surface area contributed by atoms with Crippen LogP contribution in [0.15, 0.2) is 54.6 Å². The number of phenolic OH excluding ortho intramolecular Hbond substituents is 2. The van der Waals surface area contributed by atoms with Crippen molar-refractivity contribution in [1.82, 2.24) is 0 Å². The summed E-state index contributed by atoms with van der Waals surface area (Å²) in [6, 6.07) is 18.8. The SMILES string of the molecule is Cc1cc(CC(c2ccccc2)c2cc(C)c(O)c(C)c2)cc(C)c1O. The molecule has 26 heavy (non-hydrogen) atoms. The van der Waals surface area contributed by atoms with Crippen molar-refractivity contribution in [1.29, 1.82) is 0 Å². The van der Waals surface area contributed by atoms with Crippen molar-refractivity contribution in [3.63, 3.8) is 0 Å². The predicted octanol–water partition coefficient (Wildman–Crippen LogP) is 5.71. The molecule has 3 rings (SSSR count). The molecule has 1 atom stereocenters. The summed E-state index contributed by atoms with van der Waals surface area (Å²) in [5.74, 6) is 0.941. The van der Waals surface area contributed by atoms with Crippen LogP contribution < -0.4 is 0 Å². The zero-order chi connectivity index (χ0) is 18.8. The molecule has 0 amide bonds. The Morgan fingerprint density at radius 2 is 1.12 bits per heavy atom. The lowest BCUT2D eigenvalue weighted by Gasteiger charge is -2.21. The molecule has 0 bridgehead atoms. The Labute approximate surface area is 155 Å². The van der Waals surface area contributed by atoms with Crippen LogP contribution in [0.3, 0.4) is 0 Å². The van der Waals surface area contributed by atoms with Crippen LogP contribution in [-0.2, 0) is 6.42 Å². The minimum absolute atomic E-state index is 0.192. The fraction of sp³-hybridized carbons (Fsp3) is 0.250. The molecule has 0 aliphatic heterocycles. The van der Waals surface area contributed by atoms with E-state index in [-0.39, 0.29) is 5.92 Å².